The number of nitrogens with zero attached hydrogens (tertiary/aromatic N) is 3. The van der Waals surface area contributed by atoms with E-state index < -0.39 is 0 Å². The lowest BCUT2D eigenvalue weighted by atomic mass is 10.3. The highest BCUT2D eigenvalue weighted by atomic mass is 32.1. The van der Waals surface area contributed by atoms with Crippen molar-refractivity contribution in [3.63, 3.8) is 0 Å². The SMILES string of the molecule is COCCNc1nccn1C(C)c1nccs1. The molecule has 2 rings (SSSR count). The fraction of sp³-hybridized carbons (Fsp3) is 0.455. The first-order valence-electron chi connectivity index (χ1n) is 5.48. The summed E-state index contributed by atoms with van der Waals surface area (Å²) in [4.78, 5) is 8.62. The zero-order valence-electron chi connectivity index (χ0n) is 9.96. The molecule has 1 atom stereocenters. The normalized spacial score (nSPS) is 12.6. The minimum Gasteiger partial charge on any atom is -0.383 e. The van der Waals surface area contributed by atoms with Crippen molar-refractivity contribution < 1.29 is 4.74 Å². The minimum atomic E-state index is 0.197. The van der Waals surface area contributed by atoms with Crippen molar-refractivity contribution in [3.8, 4) is 0 Å². The van der Waals surface area contributed by atoms with E-state index in [-0.39, 0.29) is 6.04 Å². The fourth-order valence-corrected chi connectivity index (χ4v) is 2.28. The lowest BCUT2D eigenvalue weighted by Crippen LogP contribution is -2.14. The molecule has 2 aromatic rings. The molecular formula is C11H16N4OS. The van der Waals surface area contributed by atoms with Crippen LogP contribution in [0.4, 0.5) is 5.95 Å². The van der Waals surface area contributed by atoms with E-state index >= 15 is 0 Å². The summed E-state index contributed by atoms with van der Waals surface area (Å²) in [6, 6.07) is 0.197. The Labute approximate surface area is 104 Å². The first-order valence-corrected chi connectivity index (χ1v) is 6.36. The molecule has 0 bridgehead atoms. The first kappa shape index (κ1) is 12.1. The zero-order valence-corrected chi connectivity index (χ0v) is 10.8. The van der Waals surface area contributed by atoms with Crippen LogP contribution in [-0.2, 0) is 4.74 Å². The Morgan fingerprint density at radius 2 is 2.35 bits per heavy atom. The molecule has 0 radical (unpaired) electrons. The van der Waals surface area contributed by atoms with Crippen LogP contribution in [0.5, 0.6) is 0 Å². The maximum absolute atomic E-state index is 5.00. The Hall–Kier alpha value is -1.40. The zero-order chi connectivity index (χ0) is 12.1. The third kappa shape index (κ3) is 2.83. The van der Waals surface area contributed by atoms with Gasteiger partial charge in [-0.05, 0) is 6.92 Å². The predicted octanol–water partition coefficient (Wildman–Crippen LogP) is 2.01. The third-order valence-electron chi connectivity index (χ3n) is 2.48. The number of imidazole rings is 1. The van der Waals surface area contributed by atoms with Crippen molar-refractivity contribution in [3.05, 3.63) is 29.0 Å². The molecule has 2 heterocycles. The molecule has 0 aliphatic carbocycles. The lowest BCUT2D eigenvalue weighted by molar-refractivity contribution is 0.210. The van der Waals surface area contributed by atoms with Gasteiger partial charge in [-0.25, -0.2) is 9.97 Å². The Bertz CT molecular complexity index is 440. The minimum absolute atomic E-state index is 0.197. The maximum Gasteiger partial charge on any atom is 0.203 e. The second kappa shape index (κ2) is 5.79. The molecule has 0 aliphatic heterocycles. The van der Waals surface area contributed by atoms with Crippen LogP contribution in [0, 0.1) is 0 Å². The summed E-state index contributed by atoms with van der Waals surface area (Å²) in [5.41, 5.74) is 0. The molecular weight excluding hydrogens is 236 g/mol. The maximum atomic E-state index is 5.00. The van der Waals surface area contributed by atoms with Gasteiger partial charge in [-0.3, -0.25) is 0 Å². The summed E-state index contributed by atoms with van der Waals surface area (Å²) in [5, 5.41) is 6.31. The van der Waals surface area contributed by atoms with Gasteiger partial charge in [0.1, 0.15) is 5.01 Å². The summed E-state index contributed by atoms with van der Waals surface area (Å²) in [6.07, 6.45) is 5.58. The van der Waals surface area contributed by atoms with E-state index in [0.29, 0.717) is 6.61 Å². The van der Waals surface area contributed by atoms with Gasteiger partial charge in [-0.15, -0.1) is 11.3 Å². The van der Waals surface area contributed by atoms with Gasteiger partial charge in [0, 0.05) is 37.6 Å². The number of hydrogen-bond donors (Lipinski definition) is 1. The summed E-state index contributed by atoms with van der Waals surface area (Å²) in [5.74, 6) is 0.852. The molecule has 1 N–H and O–H groups in total. The van der Waals surface area contributed by atoms with Gasteiger partial charge in [0.2, 0.25) is 5.95 Å². The molecule has 0 saturated carbocycles. The van der Waals surface area contributed by atoms with Crippen molar-refractivity contribution in [2.45, 2.75) is 13.0 Å². The summed E-state index contributed by atoms with van der Waals surface area (Å²) in [7, 11) is 1.69. The molecule has 92 valence electrons. The standard InChI is InChI=1S/C11H16N4OS/c1-9(10-12-5-8-17-10)15-6-3-13-11(15)14-4-7-16-2/h3,5-6,8-9H,4,7H2,1-2H3,(H,13,14). The van der Waals surface area contributed by atoms with Crippen LogP contribution in [-0.4, -0.2) is 34.8 Å². The van der Waals surface area contributed by atoms with Gasteiger partial charge < -0.3 is 14.6 Å². The van der Waals surface area contributed by atoms with Gasteiger partial charge in [0.05, 0.1) is 12.6 Å². The number of thiazole rings is 1. The van der Waals surface area contributed by atoms with Crippen LogP contribution >= 0.6 is 11.3 Å². The fourth-order valence-electron chi connectivity index (χ4n) is 1.59. The molecule has 2 aromatic heterocycles. The summed E-state index contributed by atoms with van der Waals surface area (Å²) < 4.78 is 7.08. The van der Waals surface area contributed by atoms with E-state index in [9.17, 15) is 0 Å². The largest absolute Gasteiger partial charge is 0.383 e. The van der Waals surface area contributed by atoms with Crippen molar-refractivity contribution in [1.29, 1.82) is 0 Å². The number of rotatable bonds is 6. The highest BCUT2D eigenvalue weighted by Gasteiger charge is 2.13. The first-order chi connectivity index (χ1) is 8.33. The molecule has 0 spiro atoms. The van der Waals surface area contributed by atoms with E-state index in [1.54, 1.807) is 24.6 Å². The van der Waals surface area contributed by atoms with Crippen LogP contribution in [0.2, 0.25) is 0 Å². The Morgan fingerprint density at radius 1 is 1.47 bits per heavy atom. The Morgan fingerprint density at radius 3 is 3.06 bits per heavy atom. The van der Waals surface area contributed by atoms with Gasteiger partial charge >= 0.3 is 0 Å². The third-order valence-corrected chi connectivity index (χ3v) is 3.43. The highest BCUT2D eigenvalue weighted by Crippen LogP contribution is 2.22. The van der Waals surface area contributed by atoms with E-state index in [1.165, 1.54) is 0 Å². The molecule has 0 amide bonds. The Kier molecular flexibility index (Phi) is 4.11. The number of ether oxygens (including phenoxy) is 1. The second-order valence-corrected chi connectivity index (χ2v) is 4.55. The number of anilines is 1. The molecule has 5 nitrogen and oxygen atoms in total. The number of nitrogens with one attached hydrogen (secondary N) is 1. The van der Waals surface area contributed by atoms with Crippen LogP contribution < -0.4 is 5.32 Å². The number of aromatic nitrogens is 3. The van der Waals surface area contributed by atoms with Gasteiger partial charge in [-0.1, -0.05) is 0 Å². The van der Waals surface area contributed by atoms with E-state index in [2.05, 4.69) is 26.8 Å². The van der Waals surface area contributed by atoms with Crippen molar-refractivity contribution in [1.82, 2.24) is 14.5 Å². The van der Waals surface area contributed by atoms with Gasteiger partial charge in [0.25, 0.3) is 0 Å². The molecule has 17 heavy (non-hydrogen) atoms. The average molecular weight is 252 g/mol. The summed E-state index contributed by atoms with van der Waals surface area (Å²) >= 11 is 1.65. The van der Waals surface area contributed by atoms with Crippen molar-refractivity contribution in [2.75, 3.05) is 25.6 Å². The van der Waals surface area contributed by atoms with Crippen LogP contribution in [0.25, 0.3) is 0 Å². The van der Waals surface area contributed by atoms with Gasteiger partial charge in [0.15, 0.2) is 0 Å². The monoisotopic (exact) mass is 252 g/mol. The average Bonchev–Trinajstić information content (AvgIpc) is 3.00. The molecule has 0 aliphatic rings. The topological polar surface area (TPSA) is 52.0 Å². The van der Waals surface area contributed by atoms with Crippen LogP contribution in [0.3, 0.4) is 0 Å². The molecule has 0 fully saturated rings. The molecule has 0 saturated heterocycles. The second-order valence-electron chi connectivity index (χ2n) is 3.62. The molecule has 1 unspecified atom stereocenters. The highest BCUT2D eigenvalue weighted by molar-refractivity contribution is 7.09. The van der Waals surface area contributed by atoms with Crippen LogP contribution in [0.1, 0.15) is 18.0 Å². The van der Waals surface area contributed by atoms with E-state index in [0.717, 1.165) is 17.5 Å². The predicted molar refractivity (Wildman–Crippen MR) is 68.5 cm³/mol. The summed E-state index contributed by atoms with van der Waals surface area (Å²) in [6.45, 7) is 3.53. The smallest absolute Gasteiger partial charge is 0.203 e. The van der Waals surface area contributed by atoms with Crippen molar-refractivity contribution in [2.24, 2.45) is 0 Å². The van der Waals surface area contributed by atoms with Crippen LogP contribution in [0.15, 0.2) is 24.0 Å². The molecule has 6 heteroatoms. The van der Waals surface area contributed by atoms with E-state index in [4.69, 9.17) is 4.74 Å². The quantitative estimate of drug-likeness (QED) is 0.799. The van der Waals surface area contributed by atoms with Gasteiger partial charge in [-0.2, -0.15) is 0 Å². The van der Waals surface area contributed by atoms with Crippen molar-refractivity contribution >= 4 is 17.3 Å². The number of methoxy groups -OCH3 is 1. The Balaban J connectivity index is 2.08. The molecule has 0 aromatic carbocycles. The number of hydrogen-bond acceptors (Lipinski definition) is 5. The lowest BCUT2D eigenvalue weighted by Gasteiger charge is -2.14. The van der Waals surface area contributed by atoms with E-state index in [1.807, 2.05) is 17.8 Å².